The van der Waals surface area contributed by atoms with Crippen LogP contribution in [-0.2, 0) is 19.1 Å². The number of carbonyl (C=O) groups is 2. The van der Waals surface area contributed by atoms with Gasteiger partial charge >= 0.3 is 11.9 Å². The van der Waals surface area contributed by atoms with E-state index in [0.29, 0.717) is 25.2 Å². The van der Waals surface area contributed by atoms with Gasteiger partial charge in [-0.1, -0.05) is 12.5 Å². The molecule has 0 bridgehead atoms. The molecule has 0 fully saturated rings. The van der Waals surface area contributed by atoms with Crippen LogP contribution in [0.25, 0.3) is 0 Å². The molecule has 92 valence electrons. The maximum Gasteiger partial charge on any atom is 0.334 e. The van der Waals surface area contributed by atoms with E-state index in [-0.39, 0.29) is 6.42 Å². The number of ether oxygens (including phenoxy) is 2. The third kappa shape index (κ3) is 4.96. The summed E-state index contributed by atoms with van der Waals surface area (Å²) in [6.45, 7) is 7.85. The molecule has 0 unspecified atom stereocenters. The maximum absolute atomic E-state index is 11.6. The molecule has 0 aliphatic carbocycles. The molecule has 0 aromatic carbocycles. The molecule has 0 aliphatic heterocycles. The van der Waals surface area contributed by atoms with Gasteiger partial charge in [0.2, 0.25) is 0 Å². The lowest BCUT2D eigenvalue weighted by atomic mass is 10.0. The van der Waals surface area contributed by atoms with E-state index in [9.17, 15) is 9.59 Å². The van der Waals surface area contributed by atoms with Crippen LogP contribution in [0, 0.1) is 0 Å². The fraction of sp³-hybridized carbons (Fsp3) is 0.667. The standard InChI is InChI=1S/C12H20O4/c1-5-9(4)10(12(14)16-7-3)8-11(13)15-6-2/h5-8H2,1-4H3. The Hall–Kier alpha value is -1.32. The van der Waals surface area contributed by atoms with Crippen molar-refractivity contribution in [3.8, 4) is 0 Å². The van der Waals surface area contributed by atoms with Crippen LogP contribution in [0.15, 0.2) is 11.1 Å². The molecule has 16 heavy (non-hydrogen) atoms. The van der Waals surface area contributed by atoms with Gasteiger partial charge in [0.15, 0.2) is 0 Å². The van der Waals surface area contributed by atoms with Crippen LogP contribution in [0.5, 0.6) is 0 Å². The van der Waals surface area contributed by atoms with E-state index >= 15 is 0 Å². The molecule has 0 spiro atoms. The fourth-order valence-corrected chi connectivity index (χ4v) is 1.19. The van der Waals surface area contributed by atoms with Crippen molar-refractivity contribution in [3.63, 3.8) is 0 Å². The number of rotatable bonds is 6. The average molecular weight is 228 g/mol. The molecule has 0 aromatic heterocycles. The van der Waals surface area contributed by atoms with Crippen molar-refractivity contribution in [2.24, 2.45) is 0 Å². The van der Waals surface area contributed by atoms with Crippen molar-refractivity contribution < 1.29 is 19.1 Å². The normalized spacial score (nSPS) is 11.8. The number of allylic oxidation sites excluding steroid dienone is 1. The molecule has 0 aliphatic rings. The van der Waals surface area contributed by atoms with Gasteiger partial charge in [0.05, 0.1) is 19.6 Å². The van der Waals surface area contributed by atoms with Crippen LogP contribution in [0.3, 0.4) is 0 Å². The largest absolute Gasteiger partial charge is 0.466 e. The molecule has 0 saturated carbocycles. The molecular weight excluding hydrogens is 208 g/mol. The molecule has 0 rings (SSSR count). The van der Waals surface area contributed by atoms with Gasteiger partial charge in [-0.15, -0.1) is 0 Å². The van der Waals surface area contributed by atoms with E-state index in [0.717, 1.165) is 5.57 Å². The lowest BCUT2D eigenvalue weighted by Gasteiger charge is -2.09. The van der Waals surface area contributed by atoms with Gasteiger partial charge in [-0.3, -0.25) is 4.79 Å². The average Bonchev–Trinajstić information content (AvgIpc) is 2.25. The van der Waals surface area contributed by atoms with Gasteiger partial charge in [0, 0.05) is 5.57 Å². The minimum Gasteiger partial charge on any atom is -0.466 e. The second kappa shape index (κ2) is 7.91. The highest BCUT2D eigenvalue weighted by molar-refractivity contribution is 5.94. The fourth-order valence-electron chi connectivity index (χ4n) is 1.19. The van der Waals surface area contributed by atoms with Crippen molar-refractivity contribution in [1.29, 1.82) is 0 Å². The third-order valence-electron chi connectivity index (χ3n) is 2.19. The lowest BCUT2D eigenvalue weighted by Crippen LogP contribution is -2.15. The summed E-state index contributed by atoms with van der Waals surface area (Å²) in [6, 6.07) is 0. The molecule has 0 amide bonds. The predicted molar refractivity (Wildman–Crippen MR) is 60.9 cm³/mol. The van der Waals surface area contributed by atoms with Gasteiger partial charge in [-0.2, -0.15) is 0 Å². The van der Waals surface area contributed by atoms with Crippen molar-refractivity contribution in [2.45, 2.75) is 40.5 Å². The summed E-state index contributed by atoms with van der Waals surface area (Å²) < 4.78 is 9.72. The topological polar surface area (TPSA) is 52.6 Å². The van der Waals surface area contributed by atoms with E-state index < -0.39 is 11.9 Å². The summed E-state index contributed by atoms with van der Waals surface area (Å²) in [5.41, 5.74) is 1.29. The molecule has 0 N–H and O–H groups in total. The van der Waals surface area contributed by atoms with Crippen LogP contribution in [0.4, 0.5) is 0 Å². The van der Waals surface area contributed by atoms with Gasteiger partial charge in [0.1, 0.15) is 0 Å². The van der Waals surface area contributed by atoms with Gasteiger partial charge in [-0.05, 0) is 27.2 Å². The zero-order valence-corrected chi connectivity index (χ0v) is 10.5. The van der Waals surface area contributed by atoms with Crippen LogP contribution >= 0.6 is 0 Å². The smallest absolute Gasteiger partial charge is 0.334 e. The van der Waals surface area contributed by atoms with Gasteiger partial charge in [0.25, 0.3) is 0 Å². The Bertz CT molecular complexity index is 279. The van der Waals surface area contributed by atoms with E-state index in [4.69, 9.17) is 9.47 Å². The second-order valence-corrected chi connectivity index (χ2v) is 3.31. The van der Waals surface area contributed by atoms with Crippen molar-refractivity contribution in [2.75, 3.05) is 13.2 Å². The second-order valence-electron chi connectivity index (χ2n) is 3.31. The summed E-state index contributed by atoms with van der Waals surface area (Å²) in [5, 5.41) is 0. The first kappa shape index (κ1) is 14.7. The summed E-state index contributed by atoms with van der Waals surface area (Å²) in [5.74, 6) is -0.812. The van der Waals surface area contributed by atoms with E-state index in [1.165, 1.54) is 0 Å². The van der Waals surface area contributed by atoms with Crippen LogP contribution < -0.4 is 0 Å². The first-order valence-corrected chi connectivity index (χ1v) is 5.58. The minimum atomic E-state index is -0.421. The first-order valence-electron chi connectivity index (χ1n) is 5.58. The highest BCUT2D eigenvalue weighted by Crippen LogP contribution is 2.14. The predicted octanol–water partition coefficient (Wildman–Crippen LogP) is 2.23. The van der Waals surface area contributed by atoms with E-state index in [1.54, 1.807) is 13.8 Å². The number of hydrogen-bond donors (Lipinski definition) is 0. The van der Waals surface area contributed by atoms with Gasteiger partial charge < -0.3 is 9.47 Å². The number of carbonyl (C=O) groups excluding carboxylic acids is 2. The van der Waals surface area contributed by atoms with Gasteiger partial charge in [-0.25, -0.2) is 4.79 Å². The Morgan fingerprint density at radius 3 is 2.00 bits per heavy atom. The number of hydrogen-bond acceptors (Lipinski definition) is 4. The zero-order valence-electron chi connectivity index (χ0n) is 10.5. The summed E-state index contributed by atoms with van der Waals surface area (Å²) in [4.78, 5) is 22.9. The Morgan fingerprint density at radius 2 is 1.56 bits per heavy atom. The monoisotopic (exact) mass is 228 g/mol. The molecular formula is C12H20O4. The van der Waals surface area contributed by atoms with Crippen molar-refractivity contribution >= 4 is 11.9 Å². The van der Waals surface area contributed by atoms with Crippen LogP contribution in [0.1, 0.15) is 40.5 Å². The van der Waals surface area contributed by atoms with Crippen molar-refractivity contribution in [3.05, 3.63) is 11.1 Å². The Labute approximate surface area is 96.6 Å². The van der Waals surface area contributed by atoms with Crippen molar-refractivity contribution in [1.82, 2.24) is 0 Å². The molecule has 4 heteroatoms. The third-order valence-corrected chi connectivity index (χ3v) is 2.19. The van der Waals surface area contributed by atoms with Crippen LogP contribution in [0.2, 0.25) is 0 Å². The molecule has 0 aromatic rings. The maximum atomic E-state index is 11.6. The van der Waals surface area contributed by atoms with E-state index in [2.05, 4.69) is 0 Å². The highest BCUT2D eigenvalue weighted by atomic mass is 16.5. The summed E-state index contributed by atoms with van der Waals surface area (Å²) >= 11 is 0. The number of esters is 2. The van der Waals surface area contributed by atoms with E-state index in [1.807, 2.05) is 13.8 Å². The first-order chi connectivity index (χ1) is 7.56. The SMILES string of the molecule is CCOC(=O)CC(C(=O)OCC)=C(C)CC. The summed E-state index contributed by atoms with van der Waals surface area (Å²) in [7, 11) is 0. The minimum absolute atomic E-state index is 0.00759. The molecule has 0 radical (unpaired) electrons. The Morgan fingerprint density at radius 1 is 1.00 bits per heavy atom. The summed E-state index contributed by atoms with van der Waals surface area (Å²) in [6.07, 6.45) is 0.708. The Kier molecular flexibility index (Phi) is 7.25. The lowest BCUT2D eigenvalue weighted by molar-refractivity contribution is -0.145. The molecule has 4 nitrogen and oxygen atoms in total. The molecule has 0 heterocycles. The zero-order chi connectivity index (χ0) is 12.6. The quantitative estimate of drug-likeness (QED) is 0.516. The molecule has 0 saturated heterocycles. The van der Waals surface area contributed by atoms with Crippen LogP contribution in [-0.4, -0.2) is 25.2 Å². The Balaban J connectivity index is 4.70. The highest BCUT2D eigenvalue weighted by Gasteiger charge is 2.17. The molecule has 0 atom stereocenters.